The predicted molar refractivity (Wildman–Crippen MR) is 109 cm³/mol. The third-order valence-corrected chi connectivity index (χ3v) is 4.51. The number of carbonyl (C=O) groups is 3. The van der Waals surface area contributed by atoms with Crippen molar-refractivity contribution in [2.24, 2.45) is 0 Å². The van der Waals surface area contributed by atoms with Gasteiger partial charge in [-0.15, -0.1) is 0 Å². The number of nitro groups is 1. The molecule has 1 aliphatic rings. The number of allylic oxidation sites excluding steroid dienone is 2. The molecule has 0 aliphatic carbocycles. The van der Waals surface area contributed by atoms with E-state index in [-0.39, 0.29) is 53.6 Å². The fraction of sp³-hybridized carbons (Fsp3) is 0.381. The number of rotatable bonds is 10. The van der Waals surface area contributed by atoms with Gasteiger partial charge in [-0.1, -0.05) is 12.1 Å². The minimum absolute atomic E-state index is 0.0237. The average Bonchev–Trinajstić information content (AvgIpc) is 2.75. The number of dihydropyridines is 1. The second kappa shape index (κ2) is 11.0. The molecule has 166 valence electrons. The van der Waals surface area contributed by atoms with Gasteiger partial charge in [0.2, 0.25) is 0 Å². The van der Waals surface area contributed by atoms with Crippen molar-refractivity contribution < 1.29 is 33.5 Å². The fourth-order valence-electron chi connectivity index (χ4n) is 3.22. The summed E-state index contributed by atoms with van der Waals surface area (Å²) in [6, 6.07) is 5.51. The Kier molecular flexibility index (Phi) is 8.44. The van der Waals surface area contributed by atoms with Crippen LogP contribution >= 0.6 is 0 Å². The van der Waals surface area contributed by atoms with Gasteiger partial charge in [0, 0.05) is 24.4 Å². The van der Waals surface area contributed by atoms with Gasteiger partial charge in [-0.3, -0.25) is 14.9 Å². The summed E-state index contributed by atoms with van der Waals surface area (Å²) >= 11 is 0. The molecule has 0 radical (unpaired) electrons. The Morgan fingerprint density at radius 1 is 1.13 bits per heavy atom. The number of nitrogens with zero attached hydrogens (tertiary/aromatic N) is 1. The quantitative estimate of drug-likeness (QED) is 0.194. The van der Waals surface area contributed by atoms with Crippen LogP contribution in [-0.2, 0) is 28.6 Å². The molecule has 1 heterocycles. The Morgan fingerprint density at radius 2 is 1.84 bits per heavy atom. The Hall–Kier alpha value is -3.53. The molecule has 0 bridgehead atoms. The van der Waals surface area contributed by atoms with Crippen LogP contribution in [0.15, 0.2) is 46.8 Å². The van der Waals surface area contributed by atoms with E-state index in [9.17, 15) is 24.5 Å². The van der Waals surface area contributed by atoms with Gasteiger partial charge in [0.25, 0.3) is 5.69 Å². The monoisotopic (exact) mass is 432 g/mol. The lowest BCUT2D eigenvalue weighted by molar-refractivity contribution is -0.384. The van der Waals surface area contributed by atoms with Crippen molar-refractivity contribution in [2.45, 2.75) is 26.7 Å². The lowest BCUT2D eigenvalue weighted by Crippen LogP contribution is -2.34. The Balaban J connectivity index is 2.60. The van der Waals surface area contributed by atoms with E-state index in [0.717, 1.165) is 0 Å². The van der Waals surface area contributed by atoms with Crippen LogP contribution in [0.1, 0.15) is 32.3 Å². The summed E-state index contributed by atoms with van der Waals surface area (Å²) in [5, 5.41) is 14.0. The molecule has 1 N–H and O–H groups in total. The summed E-state index contributed by atoms with van der Waals surface area (Å²) in [5.74, 6) is -2.66. The molecule has 0 aromatic heterocycles. The zero-order chi connectivity index (χ0) is 23.0. The van der Waals surface area contributed by atoms with E-state index in [2.05, 4.69) is 5.32 Å². The smallest absolute Gasteiger partial charge is 0.337 e. The van der Waals surface area contributed by atoms with Crippen molar-refractivity contribution >= 4 is 23.9 Å². The first-order valence-corrected chi connectivity index (χ1v) is 9.69. The summed E-state index contributed by atoms with van der Waals surface area (Å²) in [6.07, 6.45) is 0.442. The maximum atomic E-state index is 12.9. The minimum Gasteiger partial charge on any atom is -0.463 e. The van der Waals surface area contributed by atoms with Gasteiger partial charge in [0.1, 0.15) is 6.61 Å². The van der Waals surface area contributed by atoms with Crippen LogP contribution in [0, 0.1) is 10.1 Å². The molecule has 1 aromatic rings. The SMILES string of the molecule is CCOCCOC(=O)C1=C(C)NC(C=O)=C(C(=O)OCC)C1c1cccc([N+](=O)[O-])c1. The van der Waals surface area contributed by atoms with E-state index in [1.807, 2.05) is 0 Å². The van der Waals surface area contributed by atoms with Crippen LogP contribution in [0.3, 0.4) is 0 Å². The van der Waals surface area contributed by atoms with Crippen LogP contribution in [-0.4, -0.2) is 49.6 Å². The molecule has 1 unspecified atom stereocenters. The third-order valence-electron chi connectivity index (χ3n) is 4.51. The first-order valence-electron chi connectivity index (χ1n) is 9.69. The Morgan fingerprint density at radius 3 is 2.45 bits per heavy atom. The molecular formula is C21H24N2O8. The molecule has 31 heavy (non-hydrogen) atoms. The molecule has 1 atom stereocenters. The molecule has 0 saturated carbocycles. The van der Waals surface area contributed by atoms with Gasteiger partial charge < -0.3 is 19.5 Å². The van der Waals surface area contributed by atoms with E-state index in [0.29, 0.717) is 12.9 Å². The second-order valence-electron chi connectivity index (χ2n) is 6.45. The van der Waals surface area contributed by atoms with Crippen molar-refractivity contribution in [2.75, 3.05) is 26.4 Å². The normalized spacial score (nSPS) is 15.9. The highest BCUT2D eigenvalue weighted by Crippen LogP contribution is 2.39. The Bertz CT molecular complexity index is 935. The number of benzene rings is 1. The lowest BCUT2D eigenvalue weighted by atomic mass is 9.80. The number of ether oxygens (including phenoxy) is 3. The second-order valence-corrected chi connectivity index (χ2v) is 6.45. The molecule has 0 fully saturated rings. The Labute approximate surface area is 179 Å². The molecule has 10 heteroatoms. The number of non-ortho nitro benzene ring substituents is 1. The van der Waals surface area contributed by atoms with E-state index in [1.54, 1.807) is 20.8 Å². The van der Waals surface area contributed by atoms with Gasteiger partial charge in [-0.25, -0.2) is 9.59 Å². The van der Waals surface area contributed by atoms with Crippen molar-refractivity contribution in [1.29, 1.82) is 0 Å². The number of carbonyl (C=O) groups excluding carboxylic acids is 3. The summed E-state index contributed by atoms with van der Waals surface area (Å²) in [7, 11) is 0. The molecule has 0 amide bonds. The number of aldehydes is 1. The van der Waals surface area contributed by atoms with Crippen LogP contribution in [0.2, 0.25) is 0 Å². The predicted octanol–water partition coefficient (Wildman–Crippen LogP) is 2.15. The van der Waals surface area contributed by atoms with Gasteiger partial charge >= 0.3 is 11.9 Å². The van der Waals surface area contributed by atoms with Crippen LogP contribution < -0.4 is 5.32 Å². The maximum absolute atomic E-state index is 12.9. The van der Waals surface area contributed by atoms with Crippen molar-refractivity contribution in [3.05, 3.63) is 62.5 Å². The zero-order valence-electron chi connectivity index (χ0n) is 17.5. The first kappa shape index (κ1) is 23.7. The molecular weight excluding hydrogens is 408 g/mol. The van der Waals surface area contributed by atoms with Crippen LogP contribution in [0.4, 0.5) is 5.69 Å². The van der Waals surface area contributed by atoms with E-state index in [4.69, 9.17) is 14.2 Å². The molecule has 1 aliphatic heterocycles. The molecule has 0 saturated heterocycles. The third kappa shape index (κ3) is 5.54. The summed E-state index contributed by atoms with van der Waals surface area (Å²) < 4.78 is 15.5. The van der Waals surface area contributed by atoms with Crippen molar-refractivity contribution in [3.8, 4) is 0 Å². The van der Waals surface area contributed by atoms with Crippen molar-refractivity contribution in [1.82, 2.24) is 5.32 Å². The van der Waals surface area contributed by atoms with Crippen LogP contribution in [0.5, 0.6) is 0 Å². The summed E-state index contributed by atoms with van der Waals surface area (Å²) in [5.41, 5.74) is 0.166. The number of hydrogen-bond acceptors (Lipinski definition) is 9. The average molecular weight is 432 g/mol. The number of esters is 2. The topological polar surface area (TPSA) is 134 Å². The van der Waals surface area contributed by atoms with Crippen LogP contribution in [0.25, 0.3) is 0 Å². The van der Waals surface area contributed by atoms with E-state index in [1.165, 1.54) is 24.3 Å². The summed E-state index contributed by atoms with van der Waals surface area (Å²) in [6.45, 7) is 5.60. The van der Waals surface area contributed by atoms with Gasteiger partial charge in [0.05, 0.1) is 40.9 Å². The van der Waals surface area contributed by atoms with Gasteiger partial charge in [-0.2, -0.15) is 0 Å². The van der Waals surface area contributed by atoms with Crippen molar-refractivity contribution in [3.63, 3.8) is 0 Å². The van der Waals surface area contributed by atoms with Gasteiger partial charge in [0.15, 0.2) is 6.29 Å². The lowest BCUT2D eigenvalue weighted by Gasteiger charge is -2.29. The number of nitro benzene ring substituents is 1. The zero-order valence-corrected chi connectivity index (χ0v) is 17.5. The minimum atomic E-state index is -1.10. The molecule has 2 rings (SSSR count). The first-order chi connectivity index (χ1) is 14.8. The van der Waals surface area contributed by atoms with E-state index >= 15 is 0 Å². The highest BCUT2D eigenvalue weighted by Gasteiger charge is 2.39. The molecule has 1 aromatic carbocycles. The maximum Gasteiger partial charge on any atom is 0.337 e. The highest BCUT2D eigenvalue weighted by molar-refractivity contribution is 6.03. The molecule has 0 spiro atoms. The number of nitrogens with one attached hydrogen (secondary N) is 1. The summed E-state index contributed by atoms with van der Waals surface area (Å²) in [4.78, 5) is 48.0. The van der Waals surface area contributed by atoms with Gasteiger partial charge in [-0.05, 0) is 26.3 Å². The largest absolute Gasteiger partial charge is 0.463 e. The highest BCUT2D eigenvalue weighted by atomic mass is 16.6. The fourth-order valence-corrected chi connectivity index (χ4v) is 3.22. The molecule has 10 nitrogen and oxygen atoms in total. The van der Waals surface area contributed by atoms with E-state index < -0.39 is 22.8 Å². The number of hydrogen-bond donors (Lipinski definition) is 1. The standard InChI is InChI=1S/C21H24N2O8/c1-4-29-9-10-31-20(25)17-13(3)22-16(12-24)19(21(26)30-5-2)18(17)14-7-6-8-15(11-14)23(27)28/h6-8,11-12,18,22H,4-5,9-10H2,1-3H3.